The third kappa shape index (κ3) is 2.59. The number of benzene rings is 2. The predicted molar refractivity (Wildman–Crippen MR) is 95.3 cm³/mol. The minimum absolute atomic E-state index is 0.234. The summed E-state index contributed by atoms with van der Waals surface area (Å²) in [5.41, 5.74) is 1.29. The van der Waals surface area contributed by atoms with E-state index in [0.29, 0.717) is 21.3 Å². The van der Waals surface area contributed by atoms with Gasteiger partial charge in [0.15, 0.2) is 0 Å². The molecule has 0 radical (unpaired) electrons. The van der Waals surface area contributed by atoms with Crippen molar-refractivity contribution >= 4 is 58.0 Å². The third-order valence-corrected chi connectivity index (χ3v) is 4.91. The highest BCUT2D eigenvalue weighted by Crippen LogP contribution is 2.38. The lowest BCUT2D eigenvalue weighted by Gasteiger charge is -2.17. The number of fused-ring (bicyclic) bond motifs is 1. The maximum atomic E-state index is 12.9. The molecule has 25 heavy (non-hydrogen) atoms. The largest absolute Gasteiger partial charge is 0.381 e. The van der Waals surface area contributed by atoms with Crippen LogP contribution in [-0.4, -0.2) is 23.6 Å². The summed E-state index contributed by atoms with van der Waals surface area (Å²) in [6.07, 6.45) is -1.01. The van der Waals surface area contributed by atoms with Crippen molar-refractivity contribution in [3.63, 3.8) is 0 Å². The first kappa shape index (κ1) is 16.4. The Labute approximate surface area is 157 Å². The molecule has 4 rings (SSSR count). The van der Waals surface area contributed by atoms with Crippen LogP contribution in [0, 0.1) is 5.92 Å². The number of anilines is 1. The number of hydrogen-bond donors (Lipinski definition) is 0. The maximum absolute atomic E-state index is 12.9. The first-order valence-corrected chi connectivity index (χ1v) is 8.43. The number of hydrogen-bond acceptors (Lipinski definition) is 4. The van der Waals surface area contributed by atoms with Gasteiger partial charge in [-0.15, -0.1) is 0 Å². The molecule has 2 atom stereocenters. The van der Waals surface area contributed by atoms with E-state index in [1.54, 1.807) is 30.3 Å². The molecule has 2 aliphatic heterocycles. The smallest absolute Gasteiger partial charge is 0.279 e. The first-order chi connectivity index (χ1) is 12.0. The summed E-state index contributed by atoms with van der Waals surface area (Å²) < 4.78 is 0. The average Bonchev–Trinajstić information content (AvgIpc) is 3.12. The van der Waals surface area contributed by atoms with Gasteiger partial charge < -0.3 is 4.84 Å². The fourth-order valence-electron chi connectivity index (χ4n) is 2.93. The van der Waals surface area contributed by atoms with Gasteiger partial charge in [-0.1, -0.05) is 52.1 Å². The van der Waals surface area contributed by atoms with Gasteiger partial charge in [-0.2, -0.15) is 0 Å². The lowest BCUT2D eigenvalue weighted by molar-refractivity contribution is -0.126. The van der Waals surface area contributed by atoms with Crippen LogP contribution in [0.25, 0.3) is 0 Å². The molecule has 2 aromatic carbocycles. The van der Waals surface area contributed by atoms with Crippen molar-refractivity contribution in [1.29, 1.82) is 0 Å². The number of nitrogens with zero attached hydrogens (tertiary/aromatic N) is 2. The van der Waals surface area contributed by atoms with Crippen LogP contribution >= 0.6 is 34.8 Å². The van der Waals surface area contributed by atoms with E-state index in [1.807, 2.05) is 0 Å². The molecule has 2 aromatic rings. The fourth-order valence-corrected chi connectivity index (χ4v) is 3.43. The van der Waals surface area contributed by atoms with Gasteiger partial charge >= 0.3 is 0 Å². The molecule has 5 nitrogen and oxygen atoms in total. The fraction of sp³-hybridized carbons (Fsp3) is 0.118. The molecule has 1 fully saturated rings. The van der Waals surface area contributed by atoms with Crippen molar-refractivity contribution in [3.8, 4) is 0 Å². The molecule has 0 spiro atoms. The highest BCUT2D eigenvalue weighted by Gasteiger charge is 2.56. The van der Waals surface area contributed by atoms with Crippen molar-refractivity contribution in [2.75, 3.05) is 4.90 Å². The monoisotopic (exact) mass is 394 g/mol. The number of amides is 2. The van der Waals surface area contributed by atoms with Gasteiger partial charge in [0.1, 0.15) is 11.6 Å². The summed E-state index contributed by atoms with van der Waals surface area (Å²) in [4.78, 5) is 31.9. The van der Waals surface area contributed by atoms with Gasteiger partial charge in [0, 0.05) is 15.6 Å². The van der Waals surface area contributed by atoms with Gasteiger partial charge in [0.2, 0.25) is 12.0 Å². The van der Waals surface area contributed by atoms with Gasteiger partial charge in [-0.05, 0) is 30.3 Å². The molecule has 1 saturated heterocycles. The molecular weight excluding hydrogens is 387 g/mol. The van der Waals surface area contributed by atoms with Crippen molar-refractivity contribution in [2.24, 2.45) is 11.1 Å². The van der Waals surface area contributed by atoms with Crippen LogP contribution in [0.3, 0.4) is 0 Å². The van der Waals surface area contributed by atoms with Crippen LogP contribution in [0.4, 0.5) is 5.69 Å². The SMILES string of the molecule is O=C1[C@H]2C(c3ccc(Cl)cc3)=NO[C@@H]2C(=O)N1c1cc(Cl)ccc1Cl. The second-order valence-electron chi connectivity index (χ2n) is 5.59. The molecule has 0 N–H and O–H groups in total. The Bertz CT molecular complexity index is 927. The Balaban J connectivity index is 1.73. The zero-order valence-corrected chi connectivity index (χ0v) is 14.7. The molecular formula is C17H9Cl3N2O3. The summed E-state index contributed by atoms with van der Waals surface area (Å²) in [7, 11) is 0. The van der Waals surface area contributed by atoms with Crippen molar-refractivity contribution in [3.05, 3.63) is 63.1 Å². The second-order valence-corrected chi connectivity index (χ2v) is 6.87. The summed E-state index contributed by atoms with van der Waals surface area (Å²) >= 11 is 18.0. The van der Waals surface area contributed by atoms with E-state index in [-0.39, 0.29) is 10.7 Å². The van der Waals surface area contributed by atoms with Crippen LogP contribution in [0.1, 0.15) is 5.56 Å². The number of imide groups is 1. The average molecular weight is 396 g/mol. The molecule has 8 heteroatoms. The van der Waals surface area contributed by atoms with E-state index in [4.69, 9.17) is 39.6 Å². The molecule has 2 aliphatic rings. The normalized spacial score (nSPS) is 22.0. The molecule has 0 aliphatic carbocycles. The molecule has 2 amide bonds. The minimum atomic E-state index is -1.01. The van der Waals surface area contributed by atoms with Crippen LogP contribution in [-0.2, 0) is 14.4 Å². The molecule has 0 unspecified atom stereocenters. The van der Waals surface area contributed by atoms with Gasteiger partial charge in [0.25, 0.3) is 5.91 Å². The highest BCUT2D eigenvalue weighted by molar-refractivity contribution is 6.39. The molecule has 0 saturated carbocycles. The second kappa shape index (κ2) is 6.02. The lowest BCUT2D eigenvalue weighted by Crippen LogP contribution is -2.33. The summed E-state index contributed by atoms with van der Waals surface area (Å²) in [6.45, 7) is 0. The summed E-state index contributed by atoms with van der Waals surface area (Å²) in [5, 5.41) is 5.10. The first-order valence-electron chi connectivity index (χ1n) is 7.30. The van der Waals surface area contributed by atoms with E-state index in [0.717, 1.165) is 4.90 Å². The number of oxime groups is 1. The number of carbonyl (C=O) groups is 2. The van der Waals surface area contributed by atoms with E-state index >= 15 is 0 Å². The van der Waals surface area contributed by atoms with E-state index < -0.39 is 23.8 Å². The van der Waals surface area contributed by atoms with E-state index in [9.17, 15) is 9.59 Å². The Morgan fingerprint density at radius 1 is 0.920 bits per heavy atom. The number of halogens is 3. The quantitative estimate of drug-likeness (QED) is 0.724. The Kier molecular flexibility index (Phi) is 3.95. The predicted octanol–water partition coefficient (Wildman–Crippen LogP) is 3.94. The van der Waals surface area contributed by atoms with Crippen LogP contribution in [0.5, 0.6) is 0 Å². The van der Waals surface area contributed by atoms with E-state index in [1.165, 1.54) is 12.1 Å². The molecule has 126 valence electrons. The zero-order valence-electron chi connectivity index (χ0n) is 12.4. The molecule has 2 heterocycles. The zero-order chi connectivity index (χ0) is 17.7. The lowest BCUT2D eigenvalue weighted by atomic mass is 9.94. The van der Waals surface area contributed by atoms with Crippen LogP contribution in [0.2, 0.25) is 15.1 Å². The minimum Gasteiger partial charge on any atom is -0.381 e. The highest BCUT2D eigenvalue weighted by atomic mass is 35.5. The van der Waals surface area contributed by atoms with Crippen molar-refractivity contribution in [2.45, 2.75) is 6.10 Å². The van der Waals surface area contributed by atoms with Crippen molar-refractivity contribution < 1.29 is 14.4 Å². The van der Waals surface area contributed by atoms with E-state index in [2.05, 4.69) is 5.16 Å². The Morgan fingerprint density at radius 3 is 2.32 bits per heavy atom. The van der Waals surface area contributed by atoms with Gasteiger partial charge in [0.05, 0.1) is 10.7 Å². The summed E-state index contributed by atoms with van der Waals surface area (Å²) in [5.74, 6) is -1.80. The van der Waals surface area contributed by atoms with Crippen LogP contribution < -0.4 is 4.90 Å². The van der Waals surface area contributed by atoms with Gasteiger partial charge in [-0.25, -0.2) is 4.90 Å². The third-order valence-electron chi connectivity index (χ3n) is 4.10. The molecule has 0 bridgehead atoms. The van der Waals surface area contributed by atoms with Gasteiger partial charge in [-0.3, -0.25) is 9.59 Å². The topological polar surface area (TPSA) is 59.0 Å². The van der Waals surface area contributed by atoms with Crippen LogP contribution in [0.15, 0.2) is 47.6 Å². The molecule has 0 aromatic heterocycles. The standard InChI is InChI=1S/C17H9Cl3N2O3/c18-9-3-1-8(2-4-9)14-13-15(25-21-14)17(24)22(16(13)23)12-7-10(19)5-6-11(12)20/h1-7,13,15H/t13-,15-/m0/s1. The Morgan fingerprint density at radius 2 is 1.60 bits per heavy atom. The number of rotatable bonds is 2. The van der Waals surface area contributed by atoms with Crippen molar-refractivity contribution in [1.82, 2.24) is 0 Å². The number of carbonyl (C=O) groups excluding carboxylic acids is 2. The summed E-state index contributed by atoms with van der Waals surface area (Å²) in [6, 6.07) is 11.4. The maximum Gasteiger partial charge on any atom is 0.279 e. The Hall–Kier alpha value is -2.08.